The van der Waals surface area contributed by atoms with Crippen LogP contribution in [0, 0.1) is 47.4 Å². The molecule has 0 atom stereocenters. The summed E-state index contributed by atoms with van der Waals surface area (Å²) in [4.78, 5) is 40.4. The first-order chi connectivity index (χ1) is 28.2. The predicted molar refractivity (Wildman–Crippen MR) is 229 cm³/mol. The maximum Gasteiger partial charge on any atom is 0.312 e. The van der Waals surface area contributed by atoms with E-state index >= 15 is 0 Å². The highest BCUT2D eigenvalue weighted by Gasteiger charge is 2.22. The second-order valence-corrected chi connectivity index (χ2v) is 13.7. The monoisotopic (exact) mass is 940 g/mol. The van der Waals surface area contributed by atoms with Gasteiger partial charge < -0.3 is 28.4 Å². The van der Waals surface area contributed by atoms with Gasteiger partial charge in [-0.25, -0.2) is 0 Å². The maximum atomic E-state index is 10.8. The number of unbranched alkanes of at least 4 members (excludes halogenated alkanes) is 1. The summed E-state index contributed by atoms with van der Waals surface area (Å²) < 4.78 is 30.6. The molecule has 0 N–H and O–H groups in total. The number of rotatable bonds is 15. The number of halogens is 5. The molecule has 4 aromatic carbocycles. The number of methoxy groups -OCH3 is 3. The van der Waals surface area contributed by atoms with E-state index in [9.17, 15) is 40.5 Å². The van der Waals surface area contributed by atoms with Gasteiger partial charge in [0.25, 0.3) is 11.4 Å². The van der Waals surface area contributed by atoms with E-state index in [1.807, 2.05) is 20.8 Å². The molecule has 0 radical (unpaired) electrons. The smallest absolute Gasteiger partial charge is 0.312 e. The fourth-order valence-corrected chi connectivity index (χ4v) is 5.66. The van der Waals surface area contributed by atoms with E-state index in [2.05, 4.69) is 0 Å². The standard InChI is InChI=1S/C11H14ClNO4.C9H10ClNO4.C9H10ClNO3.C8H7Cl2NO3/c1-3-4-5-17-11-7-10(16-2)8(12)6-9(11)13(14)15;1-3-15-9-5-8(14-2)6(10)4-7(9)11(12)13;1-6(2)14-9-4-3-7(11(12)13)5-8(9)10;1-4-6(11(12)13)3-5(9)8(14-2)7(4)10/h6-7H,3-5H2,1-2H3;4-5H,3H2,1-2H3;3-6H,1-2H3;3H,1-2H3. The third-order valence-corrected chi connectivity index (χ3v) is 8.82. The van der Waals surface area contributed by atoms with Crippen LogP contribution in [-0.2, 0) is 0 Å². The number of benzene rings is 4. The molecule has 0 unspecified atom stereocenters. The van der Waals surface area contributed by atoms with Crippen LogP contribution >= 0.6 is 58.0 Å². The van der Waals surface area contributed by atoms with Crippen LogP contribution in [0.25, 0.3) is 0 Å². The third-order valence-electron chi connectivity index (χ3n) is 7.20. The van der Waals surface area contributed by atoms with Gasteiger partial charge in [0, 0.05) is 48.0 Å². The van der Waals surface area contributed by atoms with E-state index < -0.39 is 19.7 Å². The molecule has 0 aliphatic rings. The molecule has 18 nitrogen and oxygen atoms in total. The van der Waals surface area contributed by atoms with Crippen molar-refractivity contribution in [3.63, 3.8) is 0 Å². The molecule has 0 saturated carbocycles. The molecule has 0 bridgehead atoms. The number of nitrogens with zero attached hydrogens (tertiary/aromatic N) is 4. The van der Waals surface area contributed by atoms with Crippen molar-refractivity contribution in [1.82, 2.24) is 0 Å². The quantitative estimate of drug-likeness (QED) is 0.0613. The number of hydrogen-bond donors (Lipinski definition) is 0. The number of nitro groups is 4. The lowest BCUT2D eigenvalue weighted by atomic mass is 10.2. The van der Waals surface area contributed by atoms with Crippen molar-refractivity contribution in [1.29, 1.82) is 0 Å². The minimum Gasteiger partial charge on any atom is -0.495 e. The molecule has 0 fully saturated rings. The second-order valence-electron chi connectivity index (χ2n) is 11.7. The molecule has 60 heavy (non-hydrogen) atoms. The molecule has 0 aliphatic heterocycles. The Morgan fingerprint density at radius 1 is 0.583 bits per heavy atom. The first-order valence-corrected chi connectivity index (χ1v) is 19.1. The molecule has 0 aromatic heterocycles. The van der Waals surface area contributed by atoms with Gasteiger partial charge in [-0.3, -0.25) is 40.5 Å². The summed E-state index contributed by atoms with van der Waals surface area (Å²) in [7, 11) is 4.28. The highest BCUT2D eigenvalue weighted by molar-refractivity contribution is 6.38. The fraction of sp³-hybridized carbons (Fsp3) is 0.351. The Morgan fingerprint density at radius 3 is 1.43 bits per heavy atom. The van der Waals surface area contributed by atoms with Crippen LogP contribution in [-0.4, -0.2) is 60.3 Å². The molecule has 0 aliphatic carbocycles. The zero-order valence-corrected chi connectivity index (χ0v) is 37.2. The molecular formula is C37H41Cl5N4O14. The van der Waals surface area contributed by atoms with Gasteiger partial charge in [0.2, 0.25) is 11.5 Å². The molecular weight excluding hydrogens is 902 g/mol. The van der Waals surface area contributed by atoms with E-state index in [4.69, 9.17) is 86.4 Å². The minimum absolute atomic E-state index is 0.00560. The van der Waals surface area contributed by atoms with Gasteiger partial charge in [-0.2, -0.15) is 0 Å². The summed E-state index contributed by atoms with van der Waals surface area (Å²) >= 11 is 28.9. The van der Waals surface area contributed by atoms with E-state index in [1.165, 1.54) is 69.9 Å². The van der Waals surface area contributed by atoms with Gasteiger partial charge in [-0.15, -0.1) is 0 Å². The van der Waals surface area contributed by atoms with Gasteiger partial charge in [0.15, 0.2) is 5.75 Å². The Bertz CT molecular complexity index is 2130. The molecule has 23 heteroatoms. The zero-order chi connectivity index (χ0) is 45.9. The van der Waals surface area contributed by atoms with Crippen LogP contribution in [0.4, 0.5) is 22.7 Å². The Kier molecular flexibility index (Phi) is 22.9. The van der Waals surface area contributed by atoms with Crippen molar-refractivity contribution in [2.75, 3.05) is 34.5 Å². The minimum atomic E-state index is -0.545. The van der Waals surface area contributed by atoms with Crippen molar-refractivity contribution >= 4 is 80.8 Å². The molecule has 0 saturated heterocycles. The molecule has 4 rings (SSSR count). The van der Waals surface area contributed by atoms with Crippen molar-refractivity contribution in [3.05, 3.63) is 120 Å². The summed E-state index contributed by atoms with van der Waals surface area (Å²) in [6, 6.07) is 10.7. The van der Waals surface area contributed by atoms with Crippen LogP contribution in [0.5, 0.6) is 34.5 Å². The van der Waals surface area contributed by atoms with Crippen molar-refractivity contribution in [2.45, 2.75) is 53.6 Å². The lowest BCUT2D eigenvalue weighted by Gasteiger charge is -2.10. The average Bonchev–Trinajstić information content (AvgIpc) is 3.18. The lowest BCUT2D eigenvalue weighted by Crippen LogP contribution is -2.05. The van der Waals surface area contributed by atoms with E-state index in [1.54, 1.807) is 13.8 Å². The number of non-ortho nitro benzene ring substituents is 1. The Morgan fingerprint density at radius 2 is 1.05 bits per heavy atom. The molecule has 328 valence electrons. The van der Waals surface area contributed by atoms with Gasteiger partial charge in [-0.05, 0) is 40.2 Å². The van der Waals surface area contributed by atoms with Crippen molar-refractivity contribution in [2.24, 2.45) is 0 Å². The predicted octanol–water partition coefficient (Wildman–Crippen LogP) is 12.3. The summed E-state index contributed by atoms with van der Waals surface area (Å²) in [5.41, 5.74) is -0.112. The van der Waals surface area contributed by atoms with Gasteiger partial charge in [0.05, 0.1) is 85.5 Å². The Labute approximate surface area is 369 Å². The molecule has 0 spiro atoms. The van der Waals surface area contributed by atoms with Gasteiger partial charge >= 0.3 is 11.4 Å². The highest BCUT2D eigenvalue weighted by Crippen LogP contribution is 2.41. The van der Waals surface area contributed by atoms with Crippen LogP contribution in [0.1, 0.15) is 46.1 Å². The highest BCUT2D eigenvalue weighted by atomic mass is 35.5. The Hall–Kier alpha value is -5.27. The summed E-state index contributed by atoms with van der Waals surface area (Å²) in [6.07, 6.45) is 1.79. The topological polar surface area (TPSA) is 228 Å². The van der Waals surface area contributed by atoms with Gasteiger partial charge in [0.1, 0.15) is 17.2 Å². The van der Waals surface area contributed by atoms with Crippen LogP contribution in [0.15, 0.2) is 48.5 Å². The van der Waals surface area contributed by atoms with E-state index in [0.717, 1.165) is 12.8 Å². The number of hydrogen-bond acceptors (Lipinski definition) is 14. The zero-order valence-electron chi connectivity index (χ0n) is 33.4. The van der Waals surface area contributed by atoms with Gasteiger partial charge in [-0.1, -0.05) is 71.3 Å². The number of ether oxygens (including phenoxy) is 6. The van der Waals surface area contributed by atoms with Crippen molar-refractivity contribution in [3.8, 4) is 34.5 Å². The van der Waals surface area contributed by atoms with E-state index in [-0.39, 0.29) is 71.2 Å². The first-order valence-electron chi connectivity index (χ1n) is 17.3. The van der Waals surface area contributed by atoms with E-state index in [0.29, 0.717) is 36.0 Å². The SMILES string of the molecule is CC(C)Oc1ccc([N+](=O)[O-])cc1Cl.CCCCOc1cc(OC)c(Cl)cc1[N+](=O)[O-].CCOc1cc(OC)c(Cl)cc1[N+](=O)[O-].COc1c(Cl)cc([N+](=O)[O-])c(C)c1Cl. The summed E-state index contributed by atoms with van der Waals surface area (Å²) in [5, 5.41) is 43.4. The first kappa shape index (κ1) is 52.7. The van der Waals surface area contributed by atoms with Crippen molar-refractivity contribution < 1.29 is 48.1 Å². The second kappa shape index (κ2) is 26.0. The normalized spacial score (nSPS) is 10.0. The fourth-order valence-electron chi connectivity index (χ4n) is 4.37. The summed E-state index contributed by atoms with van der Waals surface area (Å²) in [6.45, 7) is 9.79. The lowest BCUT2D eigenvalue weighted by molar-refractivity contribution is -0.386. The van der Waals surface area contributed by atoms with Crippen LogP contribution in [0.2, 0.25) is 25.1 Å². The summed E-state index contributed by atoms with van der Waals surface area (Å²) in [5.74, 6) is 1.78. The molecule has 4 aromatic rings. The largest absolute Gasteiger partial charge is 0.495 e. The average molecular weight is 943 g/mol. The Balaban J connectivity index is 0.000000401. The number of nitro benzene ring substituents is 4. The van der Waals surface area contributed by atoms with Crippen LogP contribution in [0.3, 0.4) is 0 Å². The molecule has 0 heterocycles. The van der Waals surface area contributed by atoms with Crippen LogP contribution < -0.4 is 28.4 Å². The molecule has 0 amide bonds. The maximum absolute atomic E-state index is 10.8. The third kappa shape index (κ3) is 16.1.